The van der Waals surface area contributed by atoms with Crippen LogP contribution in [0.25, 0.3) is 5.57 Å². The summed E-state index contributed by atoms with van der Waals surface area (Å²) in [6, 6.07) is 18.2. The molecule has 0 nitrogen and oxygen atoms in total. The van der Waals surface area contributed by atoms with Crippen LogP contribution in [0.3, 0.4) is 0 Å². The van der Waals surface area contributed by atoms with Gasteiger partial charge in [-0.1, -0.05) is 111 Å². The zero-order valence-electron chi connectivity index (χ0n) is 21.9. The van der Waals surface area contributed by atoms with E-state index >= 15 is 0 Å². The number of benzene rings is 2. The minimum atomic E-state index is 0.296. The zero-order valence-corrected chi connectivity index (χ0v) is 21.9. The first kappa shape index (κ1) is 23.6. The van der Waals surface area contributed by atoms with Crippen LogP contribution in [0.2, 0.25) is 0 Å². The second-order valence-corrected chi connectivity index (χ2v) is 10.6. The molecule has 0 spiro atoms. The number of allylic oxidation sites excluding steroid dienone is 10. The van der Waals surface area contributed by atoms with Crippen LogP contribution < -0.4 is 0 Å². The van der Waals surface area contributed by atoms with Crippen molar-refractivity contribution < 1.29 is 0 Å². The lowest BCUT2D eigenvalue weighted by Crippen LogP contribution is -2.21. The Hall–Kier alpha value is -3.12. The first-order valence-electron chi connectivity index (χ1n) is 13.3. The fraction of sp³-hybridized carbons (Fsp3) is 0.314. The fourth-order valence-electron chi connectivity index (χ4n) is 6.51. The van der Waals surface area contributed by atoms with E-state index in [4.69, 9.17) is 6.58 Å². The minimum absolute atomic E-state index is 0.296. The predicted octanol–water partition coefficient (Wildman–Crippen LogP) is 9.48. The Morgan fingerprint density at radius 3 is 2.43 bits per heavy atom. The molecule has 2 aromatic carbocycles. The zero-order chi connectivity index (χ0) is 24.7. The van der Waals surface area contributed by atoms with Gasteiger partial charge in [-0.3, -0.25) is 0 Å². The average Bonchev–Trinajstić information content (AvgIpc) is 3.34. The summed E-state index contributed by atoms with van der Waals surface area (Å²) in [4.78, 5) is 0. The molecular weight excluding hydrogens is 420 g/mol. The molecule has 35 heavy (non-hydrogen) atoms. The molecule has 0 bridgehead atoms. The van der Waals surface area contributed by atoms with Crippen molar-refractivity contribution in [2.24, 2.45) is 5.92 Å². The SMILES string of the molecule is C=C(CCC)C1=C(C)C=C2C/C(=C\C3=C(C)Cc4ccccc43)C(=C)C2C1c1ccc(CC)cc1. The van der Waals surface area contributed by atoms with Crippen LogP contribution in [0.4, 0.5) is 0 Å². The van der Waals surface area contributed by atoms with Crippen LogP contribution in [0.1, 0.15) is 75.1 Å². The standard InChI is InChI=1S/C35H38/c1-7-11-22(3)33-24(5)19-30-20-29(21-32-23(4)18-28-12-9-10-13-31(28)32)25(6)34(30)35(33)27-16-14-26(8-2)15-17-27/h9-10,12-17,19,21,34-35H,3,6-8,11,18,20H2,1-2,4-5H3/b29-21+. The highest BCUT2D eigenvalue weighted by Crippen LogP contribution is 2.55. The summed E-state index contributed by atoms with van der Waals surface area (Å²) in [7, 11) is 0. The molecule has 0 aliphatic heterocycles. The molecule has 5 rings (SSSR count). The van der Waals surface area contributed by atoms with Gasteiger partial charge in [-0.05, 0) is 89.7 Å². The summed E-state index contributed by atoms with van der Waals surface area (Å²) in [5, 5.41) is 0. The lowest BCUT2D eigenvalue weighted by Gasteiger charge is -2.34. The normalized spacial score (nSPS) is 22.6. The van der Waals surface area contributed by atoms with Gasteiger partial charge in [0.1, 0.15) is 0 Å². The maximum Gasteiger partial charge on any atom is 0.0201 e. The Labute approximate surface area is 212 Å². The molecule has 2 aromatic rings. The van der Waals surface area contributed by atoms with Crippen LogP contribution >= 0.6 is 0 Å². The molecule has 0 heteroatoms. The van der Waals surface area contributed by atoms with Gasteiger partial charge >= 0.3 is 0 Å². The van der Waals surface area contributed by atoms with Crippen molar-refractivity contribution in [3.8, 4) is 0 Å². The van der Waals surface area contributed by atoms with E-state index in [9.17, 15) is 0 Å². The summed E-state index contributed by atoms with van der Waals surface area (Å²) in [6.07, 6.45) is 10.2. The third kappa shape index (κ3) is 4.14. The summed E-state index contributed by atoms with van der Waals surface area (Å²) in [5.74, 6) is 0.614. The van der Waals surface area contributed by atoms with Gasteiger partial charge in [0.15, 0.2) is 0 Å². The lowest BCUT2D eigenvalue weighted by molar-refractivity contribution is 0.619. The van der Waals surface area contributed by atoms with Gasteiger partial charge in [0, 0.05) is 11.8 Å². The van der Waals surface area contributed by atoms with Crippen molar-refractivity contribution in [2.45, 2.75) is 65.7 Å². The molecule has 3 aliphatic rings. The largest absolute Gasteiger partial charge is 0.0955 e. The van der Waals surface area contributed by atoms with Crippen molar-refractivity contribution >= 4 is 5.57 Å². The Morgan fingerprint density at radius 2 is 1.71 bits per heavy atom. The van der Waals surface area contributed by atoms with Gasteiger partial charge in [-0.15, -0.1) is 0 Å². The van der Waals surface area contributed by atoms with Crippen molar-refractivity contribution in [1.82, 2.24) is 0 Å². The van der Waals surface area contributed by atoms with Crippen LogP contribution in [0.15, 0.2) is 113 Å². The Morgan fingerprint density at radius 1 is 0.971 bits per heavy atom. The molecular formula is C35H38. The maximum absolute atomic E-state index is 4.73. The number of fused-ring (bicyclic) bond motifs is 2. The van der Waals surface area contributed by atoms with Gasteiger partial charge in [0.25, 0.3) is 0 Å². The lowest BCUT2D eigenvalue weighted by atomic mass is 9.69. The molecule has 2 unspecified atom stereocenters. The van der Waals surface area contributed by atoms with E-state index in [1.165, 1.54) is 66.8 Å². The van der Waals surface area contributed by atoms with Crippen LogP contribution in [0, 0.1) is 5.92 Å². The quantitative estimate of drug-likeness (QED) is 0.404. The molecule has 2 atom stereocenters. The highest BCUT2D eigenvalue weighted by Gasteiger charge is 2.41. The second-order valence-electron chi connectivity index (χ2n) is 10.6. The van der Waals surface area contributed by atoms with Crippen molar-refractivity contribution in [3.05, 3.63) is 135 Å². The van der Waals surface area contributed by atoms with Gasteiger partial charge in [0.05, 0.1) is 0 Å². The first-order chi connectivity index (χ1) is 16.9. The second kappa shape index (κ2) is 9.50. The van der Waals surface area contributed by atoms with Gasteiger partial charge in [0.2, 0.25) is 0 Å². The summed E-state index contributed by atoms with van der Waals surface area (Å²) in [5.41, 5.74) is 16.8. The monoisotopic (exact) mass is 458 g/mol. The van der Waals surface area contributed by atoms with Crippen molar-refractivity contribution in [3.63, 3.8) is 0 Å². The molecule has 0 N–H and O–H groups in total. The molecule has 1 saturated carbocycles. The minimum Gasteiger partial charge on any atom is -0.0955 e. The van der Waals surface area contributed by atoms with Gasteiger partial charge < -0.3 is 0 Å². The molecule has 3 aliphatic carbocycles. The Bertz CT molecular complexity index is 1320. The van der Waals surface area contributed by atoms with Crippen LogP contribution in [0.5, 0.6) is 0 Å². The number of aryl methyl sites for hydroxylation is 1. The average molecular weight is 459 g/mol. The Kier molecular flexibility index (Phi) is 6.41. The summed E-state index contributed by atoms with van der Waals surface area (Å²) >= 11 is 0. The van der Waals surface area contributed by atoms with E-state index in [0.717, 1.165) is 32.1 Å². The van der Waals surface area contributed by atoms with E-state index in [-0.39, 0.29) is 0 Å². The van der Waals surface area contributed by atoms with Crippen LogP contribution in [-0.4, -0.2) is 0 Å². The highest BCUT2D eigenvalue weighted by atomic mass is 14.4. The molecule has 1 fully saturated rings. The molecule has 0 aromatic heterocycles. The fourth-order valence-corrected chi connectivity index (χ4v) is 6.51. The topological polar surface area (TPSA) is 0 Å². The first-order valence-corrected chi connectivity index (χ1v) is 13.3. The van der Waals surface area contributed by atoms with Crippen molar-refractivity contribution in [2.75, 3.05) is 0 Å². The number of hydrogen-bond acceptors (Lipinski definition) is 0. The van der Waals surface area contributed by atoms with Crippen LogP contribution in [-0.2, 0) is 12.8 Å². The molecule has 0 saturated heterocycles. The van der Waals surface area contributed by atoms with E-state index in [1.54, 1.807) is 0 Å². The van der Waals surface area contributed by atoms with E-state index in [0.29, 0.717) is 11.8 Å². The molecule has 0 heterocycles. The third-order valence-electron chi connectivity index (χ3n) is 8.27. The maximum atomic E-state index is 4.73. The smallest absolute Gasteiger partial charge is 0.0201 e. The highest BCUT2D eigenvalue weighted by molar-refractivity contribution is 5.84. The van der Waals surface area contributed by atoms with Gasteiger partial charge in [-0.2, -0.15) is 0 Å². The molecule has 0 amide bonds. The number of hydrogen-bond donors (Lipinski definition) is 0. The van der Waals surface area contributed by atoms with Gasteiger partial charge in [-0.25, -0.2) is 0 Å². The predicted molar refractivity (Wildman–Crippen MR) is 151 cm³/mol. The van der Waals surface area contributed by atoms with E-state index in [1.807, 2.05) is 0 Å². The molecule has 0 radical (unpaired) electrons. The Balaban J connectivity index is 1.58. The van der Waals surface area contributed by atoms with Crippen molar-refractivity contribution in [1.29, 1.82) is 0 Å². The summed E-state index contributed by atoms with van der Waals surface area (Å²) < 4.78 is 0. The van der Waals surface area contributed by atoms with E-state index in [2.05, 4.69) is 95.0 Å². The number of rotatable bonds is 6. The summed E-state index contributed by atoms with van der Waals surface area (Å²) in [6.45, 7) is 18.3. The third-order valence-corrected chi connectivity index (χ3v) is 8.27. The van der Waals surface area contributed by atoms with E-state index < -0.39 is 0 Å². The molecule has 178 valence electrons.